The van der Waals surface area contributed by atoms with Crippen molar-refractivity contribution in [3.8, 4) is 5.75 Å². The molecule has 0 spiro atoms. The Labute approximate surface area is 151 Å². The van der Waals surface area contributed by atoms with Gasteiger partial charge in [0.1, 0.15) is 5.75 Å². The largest absolute Gasteiger partial charge is 1.00 e. The molecule has 2 aromatic carbocycles. The van der Waals surface area contributed by atoms with Gasteiger partial charge >= 0.3 is 0 Å². The Morgan fingerprint density at radius 1 is 1.00 bits per heavy atom. The molecule has 2 unspecified atom stereocenters. The number of fused-ring (bicyclic) bond motifs is 1. The third-order valence-electron chi connectivity index (χ3n) is 4.95. The zero-order valence-corrected chi connectivity index (χ0v) is 16.1. The summed E-state index contributed by atoms with van der Waals surface area (Å²) in [6, 6.07) is 13.1. The minimum atomic E-state index is 0. The Kier molecular flexibility index (Phi) is 7.71. The predicted molar refractivity (Wildman–Crippen MR) is 97.8 cm³/mol. The van der Waals surface area contributed by atoms with Crippen LogP contribution in [-0.4, -0.2) is 25.0 Å². The standard InChI is InChI=1S/C20H28N2O.ClH/c1-6-14(3)22(15(4)7-2)20(21)18-12-13-19(23-5)17-11-9-8-10-16(17)18;/h8-15,21H,6-7H2,1-5H3;1H. The molecule has 0 saturated heterocycles. The summed E-state index contributed by atoms with van der Waals surface area (Å²) in [4.78, 5) is 1.27. The minimum absolute atomic E-state index is 0. The van der Waals surface area contributed by atoms with E-state index in [2.05, 4.69) is 39.8 Å². The van der Waals surface area contributed by atoms with Gasteiger partial charge < -0.3 is 17.1 Å². The molecule has 2 N–H and O–H groups in total. The minimum Gasteiger partial charge on any atom is -1.00 e. The number of rotatable bonds is 6. The van der Waals surface area contributed by atoms with Crippen LogP contribution >= 0.6 is 0 Å². The molecule has 2 aromatic rings. The van der Waals surface area contributed by atoms with Gasteiger partial charge in [-0.05, 0) is 38.8 Å². The molecule has 0 amide bonds. The molecule has 4 heteroatoms. The third kappa shape index (κ3) is 3.90. The summed E-state index contributed by atoms with van der Waals surface area (Å²) in [7, 11) is 1.70. The lowest BCUT2D eigenvalue weighted by atomic mass is 10.00. The maximum Gasteiger partial charge on any atom is 0.226 e. The Hall–Kier alpha value is -1.58. The molecule has 0 heterocycles. The van der Waals surface area contributed by atoms with E-state index in [0.29, 0.717) is 17.9 Å². The van der Waals surface area contributed by atoms with Gasteiger partial charge in [0.2, 0.25) is 5.84 Å². The lowest BCUT2D eigenvalue weighted by Gasteiger charge is -2.30. The summed E-state index contributed by atoms with van der Waals surface area (Å²) in [6.07, 6.45) is 2.13. The molecule has 132 valence electrons. The molecule has 0 aliphatic carbocycles. The van der Waals surface area contributed by atoms with Crippen LogP contribution in [0, 0.1) is 5.41 Å². The van der Waals surface area contributed by atoms with Crippen LogP contribution in [0.25, 0.3) is 10.8 Å². The zero-order valence-electron chi connectivity index (χ0n) is 15.3. The number of benzene rings is 2. The normalized spacial score (nSPS) is 14.5. The molecule has 0 aliphatic heterocycles. The quantitative estimate of drug-likeness (QED) is 0.584. The van der Waals surface area contributed by atoms with E-state index in [1.807, 2.05) is 24.3 Å². The second kappa shape index (κ2) is 9.05. The highest BCUT2D eigenvalue weighted by atomic mass is 35.5. The molecule has 2 rings (SSSR count). The first-order valence-electron chi connectivity index (χ1n) is 8.56. The number of ether oxygens (including phenoxy) is 1. The number of hydrogen-bond acceptors (Lipinski definition) is 2. The summed E-state index contributed by atoms with van der Waals surface area (Å²) in [5.41, 5.74) is 1.01. The Balaban J connectivity index is 0.00000288. The number of amidine groups is 1. The second-order valence-electron chi connectivity index (χ2n) is 6.31. The molecular formula is C20H29ClN2O. The van der Waals surface area contributed by atoms with E-state index in [4.69, 9.17) is 10.1 Å². The molecule has 0 aliphatic rings. The van der Waals surface area contributed by atoms with Gasteiger partial charge in [0, 0.05) is 10.8 Å². The van der Waals surface area contributed by atoms with E-state index >= 15 is 0 Å². The van der Waals surface area contributed by atoms with Gasteiger partial charge in [-0.25, -0.2) is 0 Å². The first-order valence-corrected chi connectivity index (χ1v) is 8.56. The smallest absolute Gasteiger partial charge is 0.226 e. The first-order chi connectivity index (χ1) is 11.0. The lowest BCUT2D eigenvalue weighted by Crippen LogP contribution is -3.20. The van der Waals surface area contributed by atoms with Gasteiger partial charge in [0.25, 0.3) is 0 Å². The van der Waals surface area contributed by atoms with Crippen molar-refractivity contribution >= 4 is 16.6 Å². The topological polar surface area (TPSA) is 37.5 Å². The third-order valence-corrected chi connectivity index (χ3v) is 4.95. The Bertz CT molecular complexity index is 676. The number of halogens is 1. The van der Waals surface area contributed by atoms with Crippen LogP contribution in [0.15, 0.2) is 36.4 Å². The van der Waals surface area contributed by atoms with Gasteiger partial charge in [-0.15, -0.1) is 0 Å². The maximum atomic E-state index is 8.89. The molecule has 3 nitrogen and oxygen atoms in total. The fraction of sp³-hybridized carbons (Fsp3) is 0.450. The summed E-state index contributed by atoms with van der Waals surface area (Å²) in [5.74, 6) is 1.55. The van der Waals surface area contributed by atoms with Gasteiger partial charge in [0.05, 0.1) is 24.8 Å². The predicted octanol–water partition coefficient (Wildman–Crippen LogP) is 0.660. The SMILES string of the molecule is CCC(C)[NH+](C(=N)c1ccc(OC)c2ccccc12)C(C)CC.[Cl-]. The molecule has 0 fully saturated rings. The molecule has 0 radical (unpaired) electrons. The van der Waals surface area contributed by atoms with Crippen molar-refractivity contribution in [2.75, 3.05) is 7.11 Å². The van der Waals surface area contributed by atoms with Crippen LogP contribution in [0.1, 0.15) is 46.1 Å². The number of nitrogens with one attached hydrogen (secondary N) is 2. The van der Waals surface area contributed by atoms with E-state index in [-0.39, 0.29) is 12.4 Å². The van der Waals surface area contributed by atoms with E-state index in [9.17, 15) is 0 Å². The van der Waals surface area contributed by atoms with Crippen LogP contribution in [0.2, 0.25) is 0 Å². The highest BCUT2D eigenvalue weighted by Crippen LogP contribution is 2.28. The fourth-order valence-electron chi connectivity index (χ4n) is 3.24. The molecule has 0 aromatic heterocycles. The summed E-state index contributed by atoms with van der Waals surface area (Å²) in [6.45, 7) is 8.88. The zero-order chi connectivity index (χ0) is 17.0. The van der Waals surface area contributed by atoms with E-state index in [1.54, 1.807) is 7.11 Å². The molecule has 24 heavy (non-hydrogen) atoms. The van der Waals surface area contributed by atoms with Crippen LogP contribution in [0.5, 0.6) is 5.75 Å². The molecule has 2 atom stereocenters. The van der Waals surface area contributed by atoms with Crippen molar-refractivity contribution in [2.24, 2.45) is 0 Å². The number of hydrogen-bond donors (Lipinski definition) is 2. The van der Waals surface area contributed by atoms with Gasteiger partial charge in [-0.3, -0.25) is 10.3 Å². The average Bonchev–Trinajstić information content (AvgIpc) is 2.60. The maximum absolute atomic E-state index is 8.89. The van der Waals surface area contributed by atoms with Gasteiger partial charge in [-0.2, -0.15) is 0 Å². The van der Waals surface area contributed by atoms with Gasteiger partial charge in [-0.1, -0.05) is 38.1 Å². The van der Waals surface area contributed by atoms with Crippen LogP contribution < -0.4 is 22.0 Å². The molecule has 0 saturated carbocycles. The molecule has 0 bridgehead atoms. The number of methoxy groups -OCH3 is 1. The average molecular weight is 349 g/mol. The molecular weight excluding hydrogens is 320 g/mol. The summed E-state index contributed by atoms with van der Waals surface area (Å²) in [5, 5.41) is 11.1. The summed E-state index contributed by atoms with van der Waals surface area (Å²) < 4.78 is 5.48. The second-order valence-corrected chi connectivity index (χ2v) is 6.31. The van der Waals surface area contributed by atoms with E-state index in [1.165, 1.54) is 4.90 Å². The van der Waals surface area contributed by atoms with Crippen LogP contribution in [0.3, 0.4) is 0 Å². The highest BCUT2D eigenvalue weighted by molar-refractivity contribution is 6.06. The lowest BCUT2D eigenvalue weighted by molar-refractivity contribution is -0.858. The van der Waals surface area contributed by atoms with Gasteiger partial charge in [0.15, 0.2) is 0 Å². The Morgan fingerprint density at radius 2 is 1.54 bits per heavy atom. The van der Waals surface area contributed by atoms with Crippen LogP contribution in [0.4, 0.5) is 0 Å². The number of quaternary nitrogens is 1. The monoisotopic (exact) mass is 348 g/mol. The van der Waals surface area contributed by atoms with Crippen molar-refractivity contribution in [3.63, 3.8) is 0 Å². The van der Waals surface area contributed by atoms with Crippen molar-refractivity contribution in [1.29, 1.82) is 5.41 Å². The van der Waals surface area contributed by atoms with Crippen LogP contribution in [-0.2, 0) is 0 Å². The summed E-state index contributed by atoms with van der Waals surface area (Å²) >= 11 is 0. The van der Waals surface area contributed by atoms with Crippen molar-refractivity contribution in [1.82, 2.24) is 0 Å². The van der Waals surface area contributed by atoms with E-state index in [0.717, 1.165) is 34.9 Å². The van der Waals surface area contributed by atoms with Crippen molar-refractivity contribution < 1.29 is 22.0 Å². The Morgan fingerprint density at radius 3 is 2.04 bits per heavy atom. The first kappa shape index (κ1) is 20.5. The van der Waals surface area contributed by atoms with E-state index < -0.39 is 0 Å². The van der Waals surface area contributed by atoms with Crippen molar-refractivity contribution in [3.05, 3.63) is 42.0 Å². The highest BCUT2D eigenvalue weighted by Gasteiger charge is 2.29. The fourth-order valence-corrected chi connectivity index (χ4v) is 3.24. The van der Waals surface area contributed by atoms with Crippen molar-refractivity contribution in [2.45, 2.75) is 52.6 Å².